The smallest absolute Gasteiger partial charge is 0.157 e. The Hall–Kier alpha value is -0.930. The Morgan fingerprint density at radius 3 is 1.90 bits per heavy atom. The van der Waals surface area contributed by atoms with Crippen molar-refractivity contribution in [3.8, 4) is 0 Å². The van der Waals surface area contributed by atoms with Gasteiger partial charge in [0, 0.05) is 27.1 Å². The van der Waals surface area contributed by atoms with Crippen molar-refractivity contribution >= 4 is 5.78 Å². The van der Waals surface area contributed by atoms with Gasteiger partial charge in [-0.15, -0.1) is 0 Å². The fraction of sp³-hybridized carbons (Fsp3) is 0.706. The summed E-state index contributed by atoms with van der Waals surface area (Å²) in [6, 6.07) is 0. The summed E-state index contributed by atoms with van der Waals surface area (Å²) in [7, 11) is 3.34. The van der Waals surface area contributed by atoms with Gasteiger partial charge in [-0.05, 0) is 46.5 Å². The van der Waals surface area contributed by atoms with Crippen LogP contribution in [-0.2, 0) is 14.3 Å². The molecule has 0 saturated carbocycles. The van der Waals surface area contributed by atoms with Gasteiger partial charge in [-0.1, -0.05) is 23.3 Å². The third-order valence-corrected chi connectivity index (χ3v) is 3.32. The van der Waals surface area contributed by atoms with Crippen LogP contribution >= 0.6 is 0 Å². The normalized spacial score (nSPS) is 13.1. The Kier molecular flexibility index (Phi) is 11.3. The molecular weight excluding hydrogens is 252 g/mol. The standard InChI is InChI=1S/C17H30O3/c1-14(10-7-11-16(3)18)8-6-9-15(2)12-13-17(19-4)20-5/h9-10,17H,6-8,11-13H2,1-5H3. The molecule has 0 unspecified atom stereocenters. The highest BCUT2D eigenvalue weighted by atomic mass is 16.7. The molecular formula is C17H30O3. The van der Waals surface area contributed by atoms with Crippen LogP contribution in [0.1, 0.15) is 59.3 Å². The highest BCUT2D eigenvalue weighted by Crippen LogP contribution is 2.13. The second-order valence-corrected chi connectivity index (χ2v) is 5.32. The number of carbonyl (C=O) groups excluding carboxylic acids is 1. The van der Waals surface area contributed by atoms with Gasteiger partial charge in [0.25, 0.3) is 0 Å². The first kappa shape index (κ1) is 19.1. The predicted molar refractivity (Wildman–Crippen MR) is 83.7 cm³/mol. The van der Waals surface area contributed by atoms with Crippen molar-refractivity contribution in [1.29, 1.82) is 0 Å². The number of hydrogen-bond acceptors (Lipinski definition) is 3. The first-order valence-electron chi connectivity index (χ1n) is 7.35. The SMILES string of the molecule is COC(CCC(C)=CCCC(C)=CCCC(C)=O)OC. The summed E-state index contributed by atoms with van der Waals surface area (Å²) >= 11 is 0. The van der Waals surface area contributed by atoms with Crippen LogP contribution in [0.2, 0.25) is 0 Å². The van der Waals surface area contributed by atoms with Gasteiger partial charge in [-0.3, -0.25) is 0 Å². The lowest BCUT2D eigenvalue weighted by molar-refractivity contribution is -0.116. The number of hydrogen-bond donors (Lipinski definition) is 0. The van der Waals surface area contributed by atoms with Gasteiger partial charge in [0.05, 0.1) is 0 Å². The largest absolute Gasteiger partial charge is 0.356 e. The molecule has 3 nitrogen and oxygen atoms in total. The Bertz CT molecular complexity index is 325. The van der Waals surface area contributed by atoms with E-state index in [1.165, 1.54) is 11.1 Å². The van der Waals surface area contributed by atoms with Gasteiger partial charge < -0.3 is 14.3 Å². The van der Waals surface area contributed by atoms with Crippen molar-refractivity contribution in [3.05, 3.63) is 23.3 Å². The summed E-state index contributed by atoms with van der Waals surface area (Å²) in [5, 5.41) is 0. The molecule has 0 fully saturated rings. The molecule has 0 N–H and O–H groups in total. The van der Waals surface area contributed by atoms with E-state index >= 15 is 0 Å². The van der Waals surface area contributed by atoms with E-state index in [0.717, 1.165) is 32.1 Å². The fourth-order valence-electron chi connectivity index (χ4n) is 1.95. The van der Waals surface area contributed by atoms with Crippen LogP contribution in [0.4, 0.5) is 0 Å². The number of allylic oxidation sites excluding steroid dienone is 4. The molecule has 0 aliphatic rings. The number of methoxy groups -OCH3 is 2. The average molecular weight is 282 g/mol. The zero-order valence-corrected chi connectivity index (χ0v) is 13.7. The lowest BCUT2D eigenvalue weighted by Gasteiger charge is -2.12. The van der Waals surface area contributed by atoms with Crippen molar-refractivity contribution in [2.75, 3.05) is 14.2 Å². The fourth-order valence-corrected chi connectivity index (χ4v) is 1.95. The first-order chi connectivity index (χ1) is 9.49. The van der Waals surface area contributed by atoms with E-state index in [2.05, 4.69) is 26.0 Å². The van der Waals surface area contributed by atoms with Crippen LogP contribution < -0.4 is 0 Å². The summed E-state index contributed by atoms with van der Waals surface area (Å²) in [4.78, 5) is 10.8. The lowest BCUT2D eigenvalue weighted by Crippen LogP contribution is -2.12. The van der Waals surface area contributed by atoms with Gasteiger partial charge in [-0.2, -0.15) is 0 Å². The van der Waals surface area contributed by atoms with Gasteiger partial charge in [-0.25, -0.2) is 0 Å². The van der Waals surface area contributed by atoms with Gasteiger partial charge >= 0.3 is 0 Å². The molecule has 0 radical (unpaired) electrons. The second kappa shape index (κ2) is 11.9. The van der Waals surface area contributed by atoms with E-state index < -0.39 is 0 Å². The highest BCUT2D eigenvalue weighted by molar-refractivity contribution is 5.75. The molecule has 20 heavy (non-hydrogen) atoms. The maximum atomic E-state index is 10.8. The van der Waals surface area contributed by atoms with Crippen LogP contribution in [-0.4, -0.2) is 26.3 Å². The van der Waals surface area contributed by atoms with E-state index in [0.29, 0.717) is 6.42 Å². The molecule has 0 aromatic carbocycles. The van der Waals surface area contributed by atoms with Crippen molar-refractivity contribution < 1.29 is 14.3 Å². The van der Waals surface area contributed by atoms with Crippen molar-refractivity contribution in [2.45, 2.75) is 65.6 Å². The van der Waals surface area contributed by atoms with E-state index in [-0.39, 0.29) is 12.1 Å². The molecule has 0 aliphatic heterocycles. The van der Waals surface area contributed by atoms with E-state index in [9.17, 15) is 4.79 Å². The molecule has 0 heterocycles. The number of Topliss-reactive ketones (excluding diaryl/α,β-unsaturated/α-hetero) is 1. The zero-order valence-electron chi connectivity index (χ0n) is 13.7. The maximum Gasteiger partial charge on any atom is 0.157 e. The summed E-state index contributed by atoms with van der Waals surface area (Å²) in [5.74, 6) is 0.260. The predicted octanol–water partition coefficient (Wildman–Crippen LogP) is 4.43. The van der Waals surface area contributed by atoms with Crippen molar-refractivity contribution in [3.63, 3.8) is 0 Å². The quantitative estimate of drug-likeness (QED) is 0.415. The number of carbonyl (C=O) groups is 1. The Labute approximate surface area is 124 Å². The first-order valence-corrected chi connectivity index (χ1v) is 7.35. The van der Waals surface area contributed by atoms with Crippen LogP contribution in [0, 0.1) is 0 Å². The third-order valence-electron chi connectivity index (χ3n) is 3.32. The Balaban J connectivity index is 3.89. The molecule has 3 heteroatoms. The number of ketones is 1. The highest BCUT2D eigenvalue weighted by Gasteiger charge is 2.04. The third kappa shape index (κ3) is 10.9. The molecule has 0 aromatic heterocycles. The number of rotatable bonds is 11. The molecule has 0 aromatic rings. The summed E-state index contributed by atoms with van der Waals surface area (Å²) in [5.41, 5.74) is 2.74. The monoisotopic (exact) mass is 282 g/mol. The summed E-state index contributed by atoms with van der Waals surface area (Å²) in [6.07, 6.45) is 9.89. The molecule has 0 atom stereocenters. The van der Waals surface area contributed by atoms with Crippen LogP contribution in [0.25, 0.3) is 0 Å². The summed E-state index contributed by atoms with van der Waals surface area (Å²) in [6.45, 7) is 5.93. The summed E-state index contributed by atoms with van der Waals surface area (Å²) < 4.78 is 10.3. The van der Waals surface area contributed by atoms with Crippen LogP contribution in [0.15, 0.2) is 23.3 Å². The Morgan fingerprint density at radius 1 is 0.900 bits per heavy atom. The molecule has 0 amide bonds. The zero-order chi connectivity index (χ0) is 15.4. The lowest BCUT2D eigenvalue weighted by atomic mass is 10.1. The molecule has 0 spiro atoms. The Morgan fingerprint density at radius 2 is 1.40 bits per heavy atom. The minimum atomic E-state index is -0.105. The minimum absolute atomic E-state index is 0.105. The van der Waals surface area contributed by atoms with E-state index in [1.54, 1.807) is 21.1 Å². The topological polar surface area (TPSA) is 35.5 Å². The molecule has 116 valence electrons. The van der Waals surface area contributed by atoms with Crippen molar-refractivity contribution in [2.24, 2.45) is 0 Å². The van der Waals surface area contributed by atoms with Gasteiger partial charge in [0.2, 0.25) is 0 Å². The molecule has 0 bridgehead atoms. The van der Waals surface area contributed by atoms with Gasteiger partial charge in [0.1, 0.15) is 5.78 Å². The number of ether oxygens (including phenoxy) is 2. The molecule has 0 rings (SSSR count). The average Bonchev–Trinajstić information content (AvgIpc) is 2.39. The van der Waals surface area contributed by atoms with Gasteiger partial charge in [0.15, 0.2) is 6.29 Å². The van der Waals surface area contributed by atoms with E-state index in [4.69, 9.17) is 9.47 Å². The van der Waals surface area contributed by atoms with Crippen LogP contribution in [0.5, 0.6) is 0 Å². The van der Waals surface area contributed by atoms with Crippen molar-refractivity contribution in [1.82, 2.24) is 0 Å². The molecule has 0 aliphatic carbocycles. The van der Waals surface area contributed by atoms with Crippen LogP contribution in [0.3, 0.4) is 0 Å². The molecule has 0 saturated heterocycles. The maximum absolute atomic E-state index is 10.8. The van der Waals surface area contributed by atoms with E-state index in [1.807, 2.05) is 0 Å². The second-order valence-electron chi connectivity index (χ2n) is 5.32. The minimum Gasteiger partial charge on any atom is -0.356 e.